The lowest BCUT2D eigenvalue weighted by atomic mass is 10.00. The van der Waals surface area contributed by atoms with Gasteiger partial charge in [0.25, 0.3) is 5.56 Å². The number of anilines is 3. The van der Waals surface area contributed by atoms with Crippen LogP contribution in [0.1, 0.15) is 23.9 Å². The molecule has 1 aliphatic heterocycles. The summed E-state index contributed by atoms with van der Waals surface area (Å²) in [5, 5.41) is 9.84. The molecule has 1 saturated heterocycles. The molecular formula is C22H15ClF2N8O. The third-order valence-corrected chi connectivity index (χ3v) is 5.93. The van der Waals surface area contributed by atoms with Crippen LogP contribution in [0.5, 0.6) is 0 Å². The van der Waals surface area contributed by atoms with Gasteiger partial charge in [-0.25, -0.2) is 13.8 Å². The van der Waals surface area contributed by atoms with Crippen LogP contribution in [0.4, 0.5) is 26.4 Å². The second-order valence-electron chi connectivity index (χ2n) is 7.65. The maximum atomic E-state index is 14.1. The van der Waals surface area contributed by atoms with Gasteiger partial charge in [0.2, 0.25) is 5.95 Å². The summed E-state index contributed by atoms with van der Waals surface area (Å²) in [5.74, 6) is -1.56. The SMILES string of the molecule is N#Cc1c(N)nc(N)nc1N1CCC1c1nc2cccc(Cl)c2c(=O)n1-c1cc(F)cc(F)c1. The first-order valence-corrected chi connectivity index (χ1v) is 10.4. The zero-order chi connectivity index (χ0) is 24.1. The smallest absolute Gasteiger partial charge is 0.267 e. The van der Waals surface area contributed by atoms with Crippen molar-refractivity contribution >= 4 is 40.1 Å². The van der Waals surface area contributed by atoms with Crippen LogP contribution in [-0.4, -0.2) is 26.1 Å². The summed E-state index contributed by atoms with van der Waals surface area (Å²) in [7, 11) is 0. The van der Waals surface area contributed by atoms with Crippen LogP contribution in [-0.2, 0) is 0 Å². The summed E-state index contributed by atoms with van der Waals surface area (Å²) >= 11 is 6.27. The number of halogens is 3. The van der Waals surface area contributed by atoms with E-state index in [1.54, 1.807) is 17.0 Å². The first-order valence-electron chi connectivity index (χ1n) is 10.1. The van der Waals surface area contributed by atoms with Crippen molar-refractivity contribution < 1.29 is 8.78 Å². The van der Waals surface area contributed by atoms with E-state index in [1.165, 1.54) is 6.07 Å². The van der Waals surface area contributed by atoms with Gasteiger partial charge in [-0.3, -0.25) is 9.36 Å². The molecule has 2 aromatic heterocycles. The van der Waals surface area contributed by atoms with E-state index in [1.807, 2.05) is 6.07 Å². The van der Waals surface area contributed by atoms with E-state index in [0.29, 0.717) is 24.5 Å². The molecule has 34 heavy (non-hydrogen) atoms. The molecule has 0 bridgehead atoms. The first kappa shape index (κ1) is 21.5. The van der Waals surface area contributed by atoms with E-state index in [4.69, 9.17) is 23.1 Å². The van der Waals surface area contributed by atoms with Crippen LogP contribution in [0.3, 0.4) is 0 Å². The summed E-state index contributed by atoms with van der Waals surface area (Å²) in [6.07, 6.45) is 0.505. The minimum Gasteiger partial charge on any atom is -0.382 e. The molecule has 0 radical (unpaired) electrons. The number of nitrogens with two attached hydrogens (primary N) is 2. The van der Waals surface area contributed by atoms with Crippen LogP contribution in [0.15, 0.2) is 41.2 Å². The average molecular weight is 481 g/mol. The maximum Gasteiger partial charge on any atom is 0.267 e. The van der Waals surface area contributed by atoms with Gasteiger partial charge in [0.15, 0.2) is 5.82 Å². The second-order valence-corrected chi connectivity index (χ2v) is 8.05. The number of rotatable bonds is 3. The van der Waals surface area contributed by atoms with E-state index >= 15 is 0 Å². The van der Waals surface area contributed by atoms with Gasteiger partial charge in [0.05, 0.1) is 27.7 Å². The Balaban J connectivity index is 1.78. The highest BCUT2D eigenvalue weighted by atomic mass is 35.5. The van der Waals surface area contributed by atoms with Crippen molar-refractivity contribution in [2.45, 2.75) is 12.5 Å². The zero-order valence-electron chi connectivity index (χ0n) is 17.3. The van der Waals surface area contributed by atoms with E-state index in [2.05, 4.69) is 15.0 Å². The third kappa shape index (κ3) is 3.36. The number of nitriles is 1. The van der Waals surface area contributed by atoms with Crippen molar-refractivity contribution in [2.24, 2.45) is 0 Å². The lowest BCUT2D eigenvalue weighted by Gasteiger charge is -2.42. The maximum absolute atomic E-state index is 14.1. The van der Waals surface area contributed by atoms with Gasteiger partial charge in [-0.2, -0.15) is 15.2 Å². The topological polar surface area (TPSA) is 140 Å². The first-order chi connectivity index (χ1) is 16.3. The van der Waals surface area contributed by atoms with Gasteiger partial charge in [0.1, 0.15) is 34.9 Å². The number of benzene rings is 2. The fourth-order valence-electron chi connectivity index (χ4n) is 4.06. The fraction of sp³-hybridized carbons (Fsp3) is 0.136. The van der Waals surface area contributed by atoms with Crippen molar-refractivity contribution in [1.82, 2.24) is 19.5 Å². The van der Waals surface area contributed by atoms with Crippen molar-refractivity contribution in [3.05, 3.63) is 74.8 Å². The van der Waals surface area contributed by atoms with Crippen LogP contribution in [0.25, 0.3) is 16.6 Å². The van der Waals surface area contributed by atoms with Crippen molar-refractivity contribution in [3.8, 4) is 11.8 Å². The molecule has 9 nitrogen and oxygen atoms in total. The Morgan fingerprint density at radius 3 is 2.50 bits per heavy atom. The van der Waals surface area contributed by atoms with E-state index < -0.39 is 23.2 Å². The molecule has 1 aliphatic rings. The standard InChI is InChI=1S/C22H15ClF2N8O/c23-14-2-1-3-15-17(14)21(34)33(12-7-10(24)6-11(25)8-12)20(29-15)16-4-5-32(16)19-13(9-26)18(27)30-22(28)31-19/h1-3,6-8,16H,4-5H2,(H4,27,28,30,31). The average Bonchev–Trinajstić information content (AvgIpc) is 2.72. The normalized spacial score (nSPS) is 15.2. The minimum atomic E-state index is -0.860. The van der Waals surface area contributed by atoms with E-state index in [-0.39, 0.29) is 45.1 Å². The number of nitrogens with zero attached hydrogens (tertiary/aromatic N) is 6. The lowest BCUT2D eigenvalue weighted by Crippen LogP contribution is -2.45. The zero-order valence-corrected chi connectivity index (χ0v) is 18.1. The molecule has 1 unspecified atom stereocenters. The summed E-state index contributed by atoms with van der Waals surface area (Å²) in [5.41, 5.74) is 11.3. The highest BCUT2D eigenvalue weighted by Crippen LogP contribution is 2.39. The molecule has 3 heterocycles. The summed E-state index contributed by atoms with van der Waals surface area (Å²) in [4.78, 5) is 27.9. The number of hydrogen-bond acceptors (Lipinski definition) is 8. The molecule has 0 spiro atoms. The van der Waals surface area contributed by atoms with Crippen molar-refractivity contribution in [2.75, 3.05) is 22.9 Å². The highest BCUT2D eigenvalue weighted by Gasteiger charge is 2.37. The van der Waals surface area contributed by atoms with Crippen molar-refractivity contribution in [3.63, 3.8) is 0 Å². The largest absolute Gasteiger partial charge is 0.382 e. The molecule has 0 amide bonds. The van der Waals surface area contributed by atoms with Crippen LogP contribution in [0, 0.1) is 23.0 Å². The van der Waals surface area contributed by atoms with Crippen LogP contribution < -0.4 is 21.9 Å². The molecule has 4 N–H and O–H groups in total. The molecule has 1 atom stereocenters. The highest BCUT2D eigenvalue weighted by molar-refractivity contribution is 6.35. The van der Waals surface area contributed by atoms with E-state index in [0.717, 1.165) is 16.7 Å². The molecule has 0 saturated carbocycles. The molecular weight excluding hydrogens is 466 g/mol. The van der Waals surface area contributed by atoms with E-state index in [9.17, 15) is 18.8 Å². The number of nitrogen functional groups attached to an aromatic ring is 2. The molecule has 170 valence electrons. The molecule has 4 aromatic rings. The quantitative estimate of drug-likeness (QED) is 0.456. The molecule has 12 heteroatoms. The van der Waals surface area contributed by atoms with Gasteiger partial charge >= 0.3 is 0 Å². The predicted octanol–water partition coefficient (Wildman–Crippen LogP) is 3.09. The Morgan fingerprint density at radius 2 is 1.85 bits per heavy atom. The fourth-order valence-corrected chi connectivity index (χ4v) is 4.31. The Morgan fingerprint density at radius 1 is 1.12 bits per heavy atom. The van der Waals surface area contributed by atoms with Crippen molar-refractivity contribution in [1.29, 1.82) is 5.26 Å². The number of aromatic nitrogens is 4. The molecule has 1 fully saturated rings. The summed E-state index contributed by atoms with van der Waals surface area (Å²) < 4.78 is 29.3. The second kappa shape index (κ2) is 7.93. The minimum absolute atomic E-state index is 0.0217. The monoisotopic (exact) mass is 480 g/mol. The number of fused-ring (bicyclic) bond motifs is 1. The Kier molecular flexibility index (Phi) is 5.02. The molecule has 5 rings (SSSR count). The third-order valence-electron chi connectivity index (χ3n) is 5.61. The predicted molar refractivity (Wildman–Crippen MR) is 123 cm³/mol. The van der Waals surface area contributed by atoms with Crippen LogP contribution in [0.2, 0.25) is 5.02 Å². The number of hydrogen-bond donors (Lipinski definition) is 2. The molecule has 0 aliphatic carbocycles. The summed E-state index contributed by atoms with van der Waals surface area (Å²) in [6, 6.07) is 8.95. The van der Waals surface area contributed by atoms with Gasteiger partial charge in [0, 0.05) is 12.6 Å². The van der Waals surface area contributed by atoms with Gasteiger partial charge in [-0.15, -0.1) is 0 Å². The Bertz CT molecular complexity index is 1560. The Labute approximate surface area is 195 Å². The van der Waals surface area contributed by atoms with Gasteiger partial charge in [-0.1, -0.05) is 17.7 Å². The molecule has 2 aromatic carbocycles. The van der Waals surface area contributed by atoms with Crippen LogP contribution >= 0.6 is 11.6 Å². The lowest BCUT2D eigenvalue weighted by molar-refractivity contribution is 0.431. The van der Waals surface area contributed by atoms with Gasteiger partial charge < -0.3 is 16.4 Å². The van der Waals surface area contributed by atoms with Gasteiger partial charge in [-0.05, 0) is 30.7 Å². The Hall–Kier alpha value is -4.30. The summed E-state index contributed by atoms with van der Waals surface area (Å²) in [6.45, 7) is 0.441.